The van der Waals surface area contributed by atoms with Crippen LogP contribution in [0.15, 0.2) is 24.3 Å². The highest BCUT2D eigenvalue weighted by Gasteiger charge is 2.21. The van der Waals surface area contributed by atoms with E-state index in [1.54, 1.807) is 11.3 Å². The van der Waals surface area contributed by atoms with Gasteiger partial charge in [-0.05, 0) is 37.3 Å². The minimum atomic E-state index is -0.929. The van der Waals surface area contributed by atoms with Crippen LogP contribution in [0.2, 0.25) is 0 Å². The molecular formula is C15H19N3O2S. The Labute approximate surface area is 127 Å². The number of nitrogens with one attached hydrogen (secondary N) is 1. The molecule has 1 amide bonds. The van der Waals surface area contributed by atoms with Gasteiger partial charge in [-0.2, -0.15) is 0 Å². The zero-order chi connectivity index (χ0) is 14.7. The maximum Gasteiger partial charge on any atom is 0.404 e. The first kappa shape index (κ1) is 14.1. The lowest BCUT2D eigenvalue weighted by Crippen LogP contribution is -2.35. The van der Waals surface area contributed by atoms with E-state index in [1.165, 1.54) is 4.70 Å². The van der Waals surface area contributed by atoms with Gasteiger partial charge in [0.15, 0.2) is 5.13 Å². The van der Waals surface area contributed by atoms with E-state index in [4.69, 9.17) is 10.1 Å². The van der Waals surface area contributed by atoms with Crippen molar-refractivity contribution in [2.24, 2.45) is 5.92 Å². The highest BCUT2D eigenvalue weighted by Crippen LogP contribution is 2.31. The molecule has 112 valence electrons. The largest absolute Gasteiger partial charge is 0.465 e. The monoisotopic (exact) mass is 305 g/mol. The molecule has 21 heavy (non-hydrogen) atoms. The number of hydrogen-bond acceptors (Lipinski definition) is 4. The average Bonchev–Trinajstić information content (AvgIpc) is 2.91. The van der Waals surface area contributed by atoms with Crippen LogP contribution < -0.4 is 10.2 Å². The van der Waals surface area contributed by atoms with E-state index in [0.29, 0.717) is 12.5 Å². The van der Waals surface area contributed by atoms with Crippen LogP contribution in [0.4, 0.5) is 9.93 Å². The molecule has 1 aromatic heterocycles. The molecule has 1 fully saturated rings. The summed E-state index contributed by atoms with van der Waals surface area (Å²) in [6, 6.07) is 8.24. The number of rotatable bonds is 4. The molecule has 0 radical (unpaired) electrons. The fraction of sp³-hybridized carbons (Fsp3) is 0.467. The van der Waals surface area contributed by atoms with E-state index in [-0.39, 0.29) is 0 Å². The van der Waals surface area contributed by atoms with Gasteiger partial charge in [-0.25, -0.2) is 9.78 Å². The van der Waals surface area contributed by atoms with Crippen LogP contribution >= 0.6 is 11.3 Å². The summed E-state index contributed by atoms with van der Waals surface area (Å²) in [5.74, 6) is 0.613. The van der Waals surface area contributed by atoms with Gasteiger partial charge in [0.05, 0.1) is 10.2 Å². The Bertz CT molecular complexity index is 587. The summed E-state index contributed by atoms with van der Waals surface area (Å²) in [4.78, 5) is 17.5. The third-order valence-corrected chi connectivity index (χ3v) is 5.09. The molecule has 0 spiro atoms. The molecule has 1 aromatic carbocycles. The summed E-state index contributed by atoms with van der Waals surface area (Å²) in [5, 5.41) is 12.1. The van der Waals surface area contributed by atoms with E-state index in [1.807, 2.05) is 12.1 Å². The molecule has 2 N–H and O–H groups in total. The van der Waals surface area contributed by atoms with Crippen molar-refractivity contribution in [2.75, 3.05) is 24.5 Å². The van der Waals surface area contributed by atoms with Gasteiger partial charge in [0.25, 0.3) is 0 Å². The van der Waals surface area contributed by atoms with E-state index in [9.17, 15) is 4.79 Å². The van der Waals surface area contributed by atoms with Crippen LogP contribution in [0.3, 0.4) is 0 Å². The molecule has 0 atom stereocenters. The first-order valence-electron chi connectivity index (χ1n) is 7.29. The molecule has 6 heteroatoms. The SMILES string of the molecule is O=C(O)NCCC1CCN(c2nc3ccccc3s2)CC1. The first-order chi connectivity index (χ1) is 10.2. The summed E-state index contributed by atoms with van der Waals surface area (Å²) < 4.78 is 1.24. The maximum atomic E-state index is 10.4. The van der Waals surface area contributed by atoms with Gasteiger partial charge in [0, 0.05) is 19.6 Å². The summed E-state index contributed by atoms with van der Waals surface area (Å²) >= 11 is 1.75. The van der Waals surface area contributed by atoms with Crippen molar-refractivity contribution in [3.63, 3.8) is 0 Å². The van der Waals surface area contributed by atoms with Gasteiger partial charge in [0.2, 0.25) is 0 Å². The van der Waals surface area contributed by atoms with Crippen LogP contribution in [0.1, 0.15) is 19.3 Å². The van der Waals surface area contributed by atoms with Gasteiger partial charge in [-0.3, -0.25) is 0 Å². The number of thiazole rings is 1. The van der Waals surface area contributed by atoms with Crippen LogP contribution in [0, 0.1) is 5.92 Å². The van der Waals surface area contributed by atoms with Crippen molar-refractivity contribution in [2.45, 2.75) is 19.3 Å². The van der Waals surface area contributed by atoms with Gasteiger partial charge < -0.3 is 15.3 Å². The third-order valence-electron chi connectivity index (χ3n) is 4.00. The predicted molar refractivity (Wildman–Crippen MR) is 85.2 cm³/mol. The van der Waals surface area contributed by atoms with Gasteiger partial charge >= 0.3 is 6.09 Å². The molecule has 2 heterocycles. The lowest BCUT2D eigenvalue weighted by Gasteiger charge is -2.31. The van der Waals surface area contributed by atoms with Crippen molar-refractivity contribution in [1.82, 2.24) is 10.3 Å². The molecule has 2 aromatic rings. The Balaban J connectivity index is 1.54. The van der Waals surface area contributed by atoms with Crippen molar-refractivity contribution < 1.29 is 9.90 Å². The molecule has 0 aliphatic carbocycles. The van der Waals surface area contributed by atoms with Crippen molar-refractivity contribution in [3.05, 3.63) is 24.3 Å². The minimum Gasteiger partial charge on any atom is -0.465 e. The topological polar surface area (TPSA) is 65.5 Å². The number of anilines is 1. The summed E-state index contributed by atoms with van der Waals surface area (Å²) in [6.45, 7) is 2.58. The summed E-state index contributed by atoms with van der Waals surface area (Å²) in [7, 11) is 0. The number of carbonyl (C=O) groups is 1. The second kappa shape index (κ2) is 6.30. The zero-order valence-electron chi connectivity index (χ0n) is 11.8. The van der Waals surface area contributed by atoms with Crippen molar-refractivity contribution in [1.29, 1.82) is 0 Å². The van der Waals surface area contributed by atoms with Crippen molar-refractivity contribution >= 4 is 32.8 Å². The van der Waals surface area contributed by atoms with Crippen LogP contribution in [0.5, 0.6) is 0 Å². The van der Waals surface area contributed by atoms with Crippen LogP contribution in [-0.2, 0) is 0 Å². The molecule has 1 aliphatic rings. The second-order valence-corrected chi connectivity index (χ2v) is 6.42. The zero-order valence-corrected chi connectivity index (χ0v) is 12.6. The highest BCUT2D eigenvalue weighted by atomic mass is 32.1. The van der Waals surface area contributed by atoms with E-state index < -0.39 is 6.09 Å². The fourth-order valence-electron chi connectivity index (χ4n) is 2.79. The van der Waals surface area contributed by atoms with E-state index >= 15 is 0 Å². The molecule has 0 saturated carbocycles. The quantitative estimate of drug-likeness (QED) is 0.910. The summed E-state index contributed by atoms with van der Waals surface area (Å²) in [6.07, 6.45) is 2.22. The fourth-order valence-corrected chi connectivity index (χ4v) is 3.81. The lowest BCUT2D eigenvalue weighted by molar-refractivity contribution is 0.193. The molecule has 3 rings (SSSR count). The normalized spacial score (nSPS) is 16.3. The molecule has 1 saturated heterocycles. The minimum absolute atomic E-state index is 0.557. The Morgan fingerprint density at radius 2 is 2.14 bits per heavy atom. The van der Waals surface area contributed by atoms with Gasteiger partial charge in [-0.15, -0.1) is 0 Å². The Morgan fingerprint density at radius 3 is 2.86 bits per heavy atom. The number of para-hydroxylation sites is 1. The number of amides is 1. The standard InChI is InChI=1S/C15H19N3O2S/c19-15(20)16-8-5-11-6-9-18(10-7-11)14-17-12-3-1-2-4-13(12)21-14/h1-4,11,16H,5-10H2,(H,19,20). The number of piperidine rings is 1. The van der Waals surface area contributed by atoms with Crippen LogP contribution in [-0.4, -0.2) is 35.8 Å². The van der Waals surface area contributed by atoms with Crippen molar-refractivity contribution in [3.8, 4) is 0 Å². The summed E-state index contributed by atoms with van der Waals surface area (Å²) in [5.41, 5.74) is 1.07. The molecule has 0 unspecified atom stereocenters. The molecule has 5 nitrogen and oxygen atoms in total. The average molecular weight is 305 g/mol. The maximum absolute atomic E-state index is 10.4. The smallest absolute Gasteiger partial charge is 0.404 e. The Kier molecular flexibility index (Phi) is 4.24. The van der Waals surface area contributed by atoms with Gasteiger partial charge in [0.1, 0.15) is 0 Å². The second-order valence-electron chi connectivity index (χ2n) is 5.42. The molecule has 1 aliphatic heterocycles. The Morgan fingerprint density at radius 1 is 1.38 bits per heavy atom. The van der Waals surface area contributed by atoms with Crippen LogP contribution in [0.25, 0.3) is 10.2 Å². The molecule has 0 bridgehead atoms. The first-order valence-corrected chi connectivity index (χ1v) is 8.11. The van der Waals surface area contributed by atoms with E-state index in [0.717, 1.165) is 43.0 Å². The number of nitrogens with zero attached hydrogens (tertiary/aromatic N) is 2. The number of fused-ring (bicyclic) bond motifs is 1. The van der Waals surface area contributed by atoms with E-state index in [2.05, 4.69) is 22.3 Å². The number of benzene rings is 1. The number of aromatic nitrogens is 1. The number of carboxylic acid groups (broad SMARTS) is 1. The highest BCUT2D eigenvalue weighted by molar-refractivity contribution is 7.22. The number of hydrogen-bond donors (Lipinski definition) is 2. The Hall–Kier alpha value is -1.82. The molecular weight excluding hydrogens is 286 g/mol. The predicted octanol–water partition coefficient (Wildman–Crippen LogP) is 3.17. The third kappa shape index (κ3) is 3.44. The lowest BCUT2D eigenvalue weighted by atomic mass is 9.94. The van der Waals surface area contributed by atoms with Gasteiger partial charge in [-0.1, -0.05) is 23.5 Å².